The summed E-state index contributed by atoms with van der Waals surface area (Å²) in [5.41, 5.74) is 11.2. The van der Waals surface area contributed by atoms with Gasteiger partial charge in [-0.1, -0.05) is 12.1 Å². The number of amides is 1. The predicted octanol–water partition coefficient (Wildman–Crippen LogP) is 3.07. The van der Waals surface area contributed by atoms with E-state index in [2.05, 4.69) is 15.1 Å². The van der Waals surface area contributed by atoms with Gasteiger partial charge in [0, 0.05) is 42.4 Å². The molecule has 0 spiro atoms. The molecule has 5 aromatic rings. The molecule has 1 aliphatic heterocycles. The van der Waals surface area contributed by atoms with Crippen molar-refractivity contribution in [1.29, 1.82) is 0 Å². The standard InChI is InChI=1S/C24H21N7O2/c1-29-11-16(9-27-29)14-3-5-17-21(12-33-22(17)8-14)30(2)23(32)15-4-6-19-18(7-15)20-10-26-13-31(20)24(25)28-19/h3-11,13,21H,12H2,1-2H3,(H2,25,28)/t21-/m0/s1. The molecule has 9 heteroatoms. The van der Waals surface area contributed by atoms with Crippen LogP contribution in [0.1, 0.15) is 22.0 Å². The first kappa shape index (κ1) is 19.3. The molecule has 0 bridgehead atoms. The van der Waals surface area contributed by atoms with E-state index in [1.165, 1.54) is 0 Å². The van der Waals surface area contributed by atoms with Crippen LogP contribution in [0.3, 0.4) is 0 Å². The zero-order valence-electron chi connectivity index (χ0n) is 18.1. The largest absolute Gasteiger partial charge is 0.491 e. The van der Waals surface area contributed by atoms with Crippen molar-refractivity contribution in [2.75, 3.05) is 19.4 Å². The molecule has 4 heterocycles. The Bertz CT molecular complexity index is 1550. The molecule has 0 aliphatic carbocycles. The average molecular weight is 439 g/mol. The number of anilines is 1. The highest BCUT2D eigenvalue weighted by Gasteiger charge is 2.31. The van der Waals surface area contributed by atoms with E-state index in [4.69, 9.17) is 10.5 Å². The van der Waals surface area contributed by atoms with Gasteiger partial charge in [0.25, 0.3) is 5.91 Å². The van der Waals surface area contributed by atoms with E-state index >= 15 is 0 Å². The van der Waals surface area contributed by atoms with E-state index in [-0.39, 0.29) is 11.9 Å². The Hall–Kier alpha value is -4.40. The quantitative estimate of drug-likeness (QED) is 0.463. The highest BCUT2D eigenvalue weighted by Crippen LogP contribution is 2.39. The molecule has 0 saturated heterocycles. The minimum atomic E-state index is -0.175. The summed E-state index contributed by atoms with van der Waals surface area (Å²) in [4.78, 5) is 23.7. The van der Waals surface area contributed by atoms with Gasteiger partial charge in [0.15, 0.2) is 0 Å². The van der Waals surface area contributed by atoms with E-state index in [0.717, 1.165) is 38.9 Å². The summed E-state index contributed by atoms with van der Waals surface area (Å²) in [5, 5.41) is 5.06. The SMILES string of the molecule is CN(C(=O)c1ccc2nc(N)n3cncc3c2c1)[C@H]1COc2cc(-c3cnn(C)c3)ccc21. The number of nitrogen functional groups attached to an aromatic ring is 1. The number of carbonyl (C=O) groups is 1. The van der Waals surface area contributed by atoms with Crippen molar-refractivity contribution >= 4 is 28.3 Å². The molecular formula is C24H21N7O2. The number of likely N-dealkylation sites (N-methyl/N-ethyl adjacent to an activating group) is 1. The molecular weight excluding hydrogens is 418 g/mol. The number of carbonyl (C=O) groups excluding carboxylic acids is 1. The maximum atomic E-state index is 13.4. The molecule has 33 heavy (non-hydrogen) atoms. The van der Waals surface area contributed by atoms with Crippen LogP contribution in [0.2, 0.25) is 0 Å². The molecule has 0 radical (unpaired) electrons. The van der Waals surface area contributed by atoms with Crippen molar-refractivity contribution in [3.63, 3.8) is 0 Å². The monoisotopic (exact) mass is 439 g/mol. The van der Waals surface area contributed by atoms with E-state index < -0.39 is 0 Å². The van der Waals surface area contributed by atoms with Crippen molar-refractivity contribution in [3.8, 4) is 16.9 Å². The fraction of sp³-hybridized carbons (Fsp3) is 0.167. The smallest absolute Gasteiger partial charge is 0.254 e. The van der Waals surface area contributed by atoms with Gasteiger partial charge >= 0.3 is 0 Å². The van der Waals surface area contributed by atoms with Crippen molar-refractivity contribution < 1.29 is 9.53 Å². The minimum absolute atomic E-state index is 0.0934. The fourth-order valence-corrected chi connectivity index (χ4v) is 4.43. The normalized spacial score (nSPS) is 15.0. The van der Waals surface area contributed by atoms with Gasteiger partial charge in [-0.2, -0.15) is 5.10 Å². The maximum absolute atomic E-state index is 13.4. The van der Waals surface area contributed by atoms with Crippen LogP contribution < -0.4 is 10.5 Å². The second-order valence-corrected chi connectivity index (χ2v) is 8.25. The average Bonchev–Trinajstić information content (AvgIpc) is 3.57. The van der Waals surface area contributed by atoms with Crippen LogP contribution in [0.4, 0.5) is 5.95 Å². The molecule has 6 rings (SSSR count). The van der Waals surface area contributed by atoms with E-state index in [0.29, 0.717) is 18.1 Å². The zero-order chi connectivity index (χ0) is 22.7. The summed E-state index contributed by atoms with van der Waals surface area (Å²) >= 11 is 0. The molecule has 1 atom stereocenters. The van der Waals surface area contributed by atoms with Crippen LogP contribution >= 0.6 is 0 Å². The van der Waals surface area contributed by atoms with Crippen LogP contribution in [-0.2, 0) is 7.05 Å². The lowest BCUT2D eigenvalue weighted by Crippen LogP contribution is -2.32. The van der Waals surface area contributed by atoms with Crippen LogP contribution in [0.5, 0.6) is 5.75 Å². The molecule has 0 unspecified atom stereocenters. The lowest BCUT2D eigenvalue weighted by Gasteiger charge is -2.24. The molecule has 0 saturated carbocycles. The summed E-state index contributed by atoms with van der Waals surface area (Å²) in [6.07, 6.45) is 7.12. The second-order valence-electron chi connectivity index (χ2n) is 8.25. The van der Waals surface area contributed by atoms with Crippen LogP contribution in [-0.4, -0.2) is 48.6 Å². The third kappa shape index (κ3) is 3.00. The Labute approximate surface area is 189 Å². The third-order valence-electron chi connectivity index (χ3n) is 6.24. The lowest BCUT2D eigenvalue weighted by atomic mass is 10.0. The Morgan fingerprint density at radius 2 is 2.06 bits per heavy atom. The summed E-state index contributed by atoms with van der Waals surface area (Å²) in [6, 6.07) is 11.3. The van der Waals surface area contributed by atoms with Crippen LogP contribution in [0.25, 0.3) is 27.5 Å². The number of benzene rings is 2. The number of ether oxygens (including phenoxy) is 1. The Balaban J connectivity index is 1.32. The first-order chi connectivity index (χ1) is 16.0. The first-order valence-corrected chi connectivity index (χ1v) is 10.5. The first-order valence-electron chi connectivity index (χ1n) is 10.5. The number of nitrogens with zero attached hydrogens (tertiary/aromatic N) is 6. The molecule has 2 N–H and O–H groups in total. The zero-order valence-corrected chi connectivity index (χ0v) is 18.1. The Morgan fingerprint density at radius 1 is 1.18 bits per heavy atom. The number of fused-ring (bicyclic) bond motifs is 4. The number of imidazole rings is 1. The van der Waals surface area contributed by atoms with E-state index in [1.807, 2.05) is 49.8 Å². The number of hydrogen-bond donors (Lipinski definition) is 1. The molecule has 3 aromatic heterocycles. The number of hydrogen-bond acceptors (Lipinski definition) is 6. The van der Waals surface area contributed by atoms with Gasteiger partial charge in [0.1, 0.15) is 18.7 Å². The third-order valence-corrected chi connectivity index (χ3v) is 6.24. The van der Waals surface area contributed by atoms with E-state index in [9.17, 15) is 4.79 Å². The van der Waals surface area contributed by atoms with Gasteiger partial charge in [0.05, 0.1) is 29.5 Å². The van der Waals surface area contributed by atoms with Gasteiger partial charge in [-0.15, -0.1) is 0 Å². The molecule has 9 nitrogen and oxygen atoms in total. The summed E-state index contributed by atoms with van der Waals surface area (Å²) in [5.74, 6) is 1.06. The minimum Gasteiger partial charge on any atom is -0.491 e. The molecule has 1 amide bonds. The van der Waals surface area contributed by atoms with Crippen molar-refractivity contribution in [1.82, 2.24) is 29.0 Å². The van der Waals surface area contributed by atoms with Gasteiger partial charge < -0.3 is 15.4 Å². The van der Waals surface area contributed by atoms with Crippen LogP contribution in [0.15, 0.2) is 61.3 Å². The molecule has 0 fully saturated rings. The molecule has 1 aliphatic rings. The molecule has 2 aromatic carbocycles. The lowest BCUT2D eigenvalue weighted by molar-refractivity contribution is 0.0708. The van der Waals surface area contributed by atoms with Crippen LogP contribution in [0, 0.1) is 0 Å². The highest BCUT2D eigenvalue weighted by molar-refractivity contribution is 6.02. The van der Waals surface area contributed by atoms with Crippen molar-refractivity contribution in [2.45, 2.75) is 6.04 Å². The van der Waals surface area contributed by atoms with Crippen molar-refractivity contribution in [2.24, 2.45) is 7.05 Å². The van der Waals surface area contributed by atoms with E-state index in [1.54, 1.807) is 39.6 Å². The fourth-order valence-electron chi connectivity index (χ4n) is 4.43. The Kier molecular flexibility index (Phi) is 4.13. The second kappa shape index (κ2) is 7.06. The number of aryl methyl sites for hydroxylation is 1. The predicted molar refractivity (Wildman–Crippen MR) is 124 cm³/mol. The summed E-state index contributed by atoms with van der Waals surface area (Å²) in [6.45, 7) is 0.409. The number of nitrogens with two attached hydrogens (primary N) is 1. The van der Waals surface area contributed by atoms with Gasteiger partial charge in [-0.25, -0.2) is 9.97 Å². The van der Waals surface area contributed by atoms with Gasteiger partial charge in [-0.3, -0.25) is 13.9 Å². The number of rotatable bonds is 3. The number of aromatic nitrogens is 5. The Morgan fingerprint density at radius 3 is 2.88 bits per heavy atom. The highest BCUT2D eigenvalue weighted by atomic mass is 16.5. The van der Waals surface area contributed by atoms with Crippen molar-refractivity contribution in [3.05, 3.63) is 72.4 Å². The van der Waals surface area contributed by atoms with Gasteiger partial charge in [0.2, 0.25) is 5.95 Å². The van der Waals surface area contributed by atoms with Gasteiger partial charge in [-0.05, 0) is 29.8 Å². The topological polar surface area (TPSA) is 104 Å². The summed E-state index contributed by atoms with van der Waals surface area (Å²) < 4.78 is 9.44. The molecule has 164 valence electrons. The maximum Gasteiger partial charge on any atom is 0.254 e. The summed E-state index contributed by atoms with van der Waals surface area (Å²) in [7, 11) is 3.69.